The standard InChI is InChI=1S/C19H26ClN5O2.HI/c1-21-18(23-13-19(8-3-9-19)10-11-26-2)22-12-16-24-17(25-27-16)14-4-6-15(20)7-5-14;/h4-7H,3,8-13H2,1-2H3,(H2,21,22,23);1H. The van der Waals surface area contributed by atoms with Gasteiger partial charge in [0.15, 0.2) is 5.96 Å². The summed E-state index contributed by atoms with van der Waals surface area (Å²) in [5.74, 6) is 1.77. The molecular formula is C19H27ClIN5O2. The molecule has 154 valence electrons. The lowest BCUT2D eigenvalue weighted by Crippen LogP contribution is -2.46. The number of guanidine groups is 1. The zero-order valence-electron chi connectivity index (χ0n) is 16.2. The lowest BCUT2D eigenvalue weighted by Gasteiger charge is -2.42. The van der Waals surface area contributed by atoms with Crippen LogP contribution < -0.4 is 10.6 Å². The summed E-state index contributed by atoms with van der Waals surface area (Å²) in [6.07, 6.45) is 4.82. The van der Waals surface area contributed by atoms with Gasteiger partial charge in [-0.3, -0.25) is 4.99 Å². The summed E-state index contributed by atoms with van der Waals surface area (Å²) >= 11 is 5.91. The third-order valence-electron chi connectivity index (χ3n) is 5.08. The fraction of sp³-hybridized carbons (Fsp3) is 0.526. The Kier molecular flexibility index (Phi) is 8.97. The molecule has 1 saturated carbocycles. The van der Waals surface area contributed by atoms with Crippen molar-refractivity contribution in [1.82, 2.24) is 20.8 Å². The predicted octanol–water partition coefficient (Wildman–Crippen LogP) is 3.88. The molecule has 2 N–H and O–H groups in total. The number of methoxy groups -OCH3 is 1. The highest BCUT2D eigenvalue weighted by atomic mass is 127. The van der Waals surface area contributed by atoms with Crippen LogP contribution in [-0.2, 0) is 11.3 Å². The zero-order valence-corrected chi connectivity index (χ0v) is 19.3. The highest BCUT2D eigenvalue weighted by molar-refractivity contribution is 14.0. The maximum absolute atomic E-state index is 5.91. The molecule has 0 aliphatic heterocycles. The zero-order chi connectivity index (χ0) is 19.1. The summed E-state index contributed by atoms with van der Waals surface area (Å²) in [5, 5.41) is 11.3. The first-order valence-corrected chi connectivity index (χ1v) is 9.54. The van der Waals surface area contributed by atoms with Gasteiger partial charge in [0.25, 0.3) is 0 Å². The number of aliphatic imine (C=N–C) groups is 1. The lowest BCUT2D eigenvalue weighted by atomic mass is 9.67. The minimum Gasteiger partial charge on any atom is -0.385 e. The van der Waals surface area contributed by atoms with Crippen molar-refractivity contribution in [3.8, 4) is 11.4 Å². The van der Waals surface area contributed by atoms with Crippen LogP contribution in [0.5, 0.6) is 0 Å². The molecule has 3 rings (SSSR count). The molecule has 1 heterocycles. The summed E-state index contributed by atoms with van der Waals surface area (Å²) in [4.78, 5) is 8.69. The summed E-state index contributed by atoms with van der Waals surface area (Å²) in [5.41, 5.74) is 1.18. The van der Waals surface area contributed by atoms with E-state index in [1.54, 1.807) is 26.3 Å². The van der Waals surface area contributed by atoms with E-state index in [1.807, 2.05) is 12.1 Å². The minimum atomic E-state index is 0. The third kappa shape index (κ3) is 6.05. The van der Waals surface area contributed by atoms with Gasteiger partial charge in [-0.05, 0) is 48.9 Å². The third-order valence-corrected chi connectivity index (χ3v) is 5.33. The Morgan fingerprint density at radius 3 is 2.64 bits per heavy atom. The van der Waals surface area contributed by atoms with Crippen LogP contribution in [0.3, 0.4) is 0 Å². The smallest absolute Gasteiger partial charge is 0.246 e. The van der Waals surface area contributed by atoms with Gasteiger partial charge in [-0.2, -0.15) is 4.98 Å². The second kappa shape index (κ2) is 11.0. The van der Waals surface area contributed by atoms with E-state index in [-0.39, 0.29) is 24.0 Å². The Morgan fingerprint density at radius 2 is 2.04 bits per heavy atom. The lowest BCUT2D eigenvalue weighted by molar-refractivity contribution is 0.0732. The Balaban J connectivity index is 0.00000280. The maximum Gasteiger partial charge on any atom is 0.246 e. The van der Waals surface area contributed by atoms with E-state index < -0.39 is 0 Å². The molecule has 1 aromatic heterocycles. The second-order valence-electron chi connectivity index (χ2n) is 6.89. The van der Waals surface area contributed by atoms with Gasteiger partial charge in [0.1, 0.15) is 0 Å². The van der Waals surface area contributed by atoms with Crippen LogP contribution in [0.4, 0.5) is 0 Å². The first-order chi connectivity index (χ1) is 13.1. The summed E-state index contributed by atoms with van der Waals surface area (Å²) in [7, 11) is 3.51. The number of hydrogen-bond donors (Lipinski definition) is 2. The fourth-order valence-corrected chi connectivity index (χ4v) is 3.33. The monoisotopic (exact) mass is 519 g/mol. The van der Waals surface area contributed by atoms with Crippen LogP contribution >= 0.6 is 35.6 Å². The first-order valence-electron chi connectivity index (χ1n) is 9.16. The number of benzene rings is 1. The Bertz CT molecular complexity index is 762. The molecule has 1 aliphatic rings. The highest BCUT2D eigenvalue weighted by Gasteiger charge is 2.36. The summed E-state index contributed by atoms with van der Waals surface area (Å²) in [6.45, 7) is 2.09. The van der Waals surface area contributed by atoms with E-state index in [4.69, 9.17) is 20.9 Å². The molecule has 0 unspecified atom stereocenters. The molecule has 9 heteroatoms. The molecule has 1 fully saturated rings. The van der Waals surface area contributed by atoms with Crippen LogP contribution in [0.25, 0.3) is 11.4 Å². The predicted molar refractivity (Wildman–Crippen MR) is 121 cm³/mol. The van der Waals surface area contributed by atoms with Crippen molar-refractivity contribution < 1.29 is 9.26 Å². The van der Waals surface area contributed by atoms with Crippen LogP contribution in [0.1, 0.15) is 31.6 Å². The van der Waals surface area contributed by atoms with E-state index in [0.717, 1.165) is 31.1 Å². The number of rotatable bonds is 8. The molecular weight excluding hydrogens is 493 g/mol. The molecule has 0 bridgehead atoms. The molecule has 0 amide bonds. The van der Waals surface area contributed by atoms with Gasteiger partial charge in [0.2, 0.25) is 11.7 Å². The number of halogens is 2. The fourth-order valence-electron chi connectivity index (χ4n) is 3.20. The topological polar surface area (TPSA) is 84.6 Å². The number of ether oxygens (including phenoxy) is 1. The average Bonchev–Trinajstić information content (AvgIpc) is 3.12. The molecule has 2 aromatic rings. The van der Waals surface area contributed by atoms with E-state index in [9.17, 15) is 0 Å². The van der Waals surface area contributed by atoms with Crippen molar-refractivity contribution in [2.45, 2.75) is 32.2 Å². The normalized spacial score (nSPS) is 15.5. The van der Waals surface area contributed by atoms with Crippen LogP contribution in [0, 0.1) is 5.41 Å². The number of nitrogens with zero attached hydrogens (tertiary/aromatic N) is 3. The molecule has 1 aromatic carbocycles. The average molecular weight is 520 g/mol. The van der Waals surface area contributed by atoms with Crippen LogP contribution in [0.2, 0.25) is 5.02 Å². The Hall–Kier alpha value is -1.39. The second-order valence-corrected chi connectivity index (χ2v) is 7.33. The number of aromatic nitrogens is 2. The van der Waals surface area contributed by atoms with E-state index in [2.05, 4.69) is 25.8 Å². The maximum atomic E-state index is 5.91. The molecule has 1 aliphatic carbocycles. The van der Waals surface area contributed by atoms with Gasteiger partial charge in [-0.25, -0.2) is 0 Å². The summed E-state index contributed by atoms with van der Waals surface area (Å²) < 4.78 is 10.6. The van der Waals surface area contributed by atoms with Gasteiger partial charge >= 0.3 is 0 Å². The van der Waals surface area contributed by atoms with Crippen molar-refractivity contribution in [3.05, 3.63) is 35.2 Å². The van der Waals surface area contributed by atoms with Gasteiger partial charge in [-0.15, -0.1) is 24.0 Å². The quantitative estimate of drug-likeness (QED) is 0.313. The van der Waals surface area contributed by atoms with E-state index in [0.29, 0.717) is 28.7 Å². The Morgan fingerprint density at radius 1 is 1.29 bits per heavy atom. The Labute approximate surface area is 187 Å². The van der Waals surface area contributed by atoms with E-state index >= 15 is 0 Å². The number of hydrogen-bond acceptors (Lipinski definition) is 5. The molecule has 7 nitrogen and oxygen atoms in total. The van der Waals surface area contributed by atoms with Gasteiger partial charge < -0.3 is 19.9 Å². The van der Waals surface area contributed by atoms with Crippen LogP contribution in [-0.4, -0.2) is 43.4 Å². The molecule has 0 atom stereocenters. The van der Waals surface area contributed by atoms with Crippen molar-refractivity contribution in [2.75, 3.05) is 27.3 Å². The molecule has 0 saturated heterocycles. The molecule has 0 spiro atoms. The van der Waals surface area contributed by atoms with Crippen molar-refractivity contribution in [2.24, 2.45) is 10.4 Å². The van der Waals surface area contributed by atoms with E-state index in [1.165, 1.54) is 19.3 Å². The SMILES string of the molecule is CN=C(NCc1nc(-c2ccc(Cl)cc2)no1)NCC1(CCOC)CCC1.I. The van der Waals surface area contributed by atoms with Gasteiger partial charge in [0, 0.05) is 37.9 Å². The first kappa shape index (κ1) is 22.9. The van der Waals surface area contributed by atoms with Crippen molar-refractivity contribution in [1.29, 1.82) is 0 Å². The molecule has 28 heavy (non-hydrogen) atoms. The number of nitrogens with one attached hydrogen (secondary N) is 2. The van der Waals surface area contributed by atoms with Crippen molar-refractivity contribution >= 4 is 41.5 Å². The summed E-state index contributed by atoms with van der Waals surface area (Å²) in [6, 6.07) is 7.33. The largest absolute Gasteiger partial charge is 0.385 e. The minimum absolute atomic E-state index is 0. The van der Waals surface area contributed by atoms with Crippen molar-refractivity contribution in [3.63, 3.8) is 0 Å². The van der Waals surface area contributed by atoms with Crippen LogP contribution in [0.15, 0.2) is 33.8 Å². The van der Waals surface area contributed by atoms with Gasteiger partial charge in [-0.1, -0.05) is 23.2 Å². The highest BCUT2D eigenvalue weighted by Crippen LogP contribution is 2.43. The van der Waals surface area contributed by atoms with Gasteiger partial charge in [0.05, 0.1) is 6.54 Å². The molecule has 0 radical (unpaired) electrons.